The standard InChI is InChI=1S/C18H27NO2/c1-18(2,3)15-5-7-16(8-6-15)19-12-10-14(11-13-19)4-9-17(20)21/h5-8,14H,4,9-13H2,1-3H3,(H,20,21). The van der Waals surface area contributed by atoms with Crippen LogP contribution in [-0.2, 0) is 10.2 Å². The van der Waals surface area contributed by atoms with Gasteiger partial charge in [0.2, 0.25) is 0 Å². The maximum Gasteiger partial charge on any atom is 0.303 e. The van der Waals surface area contributed by atoms with Crippen molar-refractivity contribution >= 4 is 11.7 Å². The van der Waals surface area contributed by atoms with Crippen LogP contribution in [0.15, 0.2) is 24.3 Å². The van der Waals surface area contributed by atoms with E-state index < -0.39 is 5.97 Å². The molecular weight excluding hydrogens is 262 g/mol. The second-order valence-electron chi connectivity index (χ2n) is 7.16. The molecule has 1 heterocycles. The third kappa shape index (κ3) is 4.48. The first-order valence-electron chi connectivity index (χ1n) is 7.93. The number of nitrogens with zero attached hydrogens (tertiary/aromatic N) is 1. The maximum atomic E-state index is 10.6. The van der Waals surface area contributed by atoms with Crippen molar-refractivity contribution in [1.29, 1.82) is 0 Å². The summed E-state index contributed by atoms with van der Waals surface area (Å²) in [6.07, 6.45) is 3.35. The van der Waals surface area contributed by atoms with Crippen LogP contribution in [0.2, 0.25) is 0 Å². The van der Waals surface area contributed by atoms with Gasteiger partial charge in [0.15, 0.2) is 0 Å². The molecule has 1 saturated heterocycles. The lowest BCUT2D eigenvalue weighted by molar-refractivity contribution is -0.137. The Balaban J connectivity index is 1.89. The normalized spacial score (nSPS) is 17.0. The highest BCUT2D eigenvalue weighted by Crippen LogP contribution is 2.28. The monoisotopic (exact) mass is 289 g/mol. The summed E-state index contributed by atoms with van der Waals surface area (Å²) in [5.74, 6) is -0.0959. The molecule has 0 unspecified atom stereocenters. The van der Waals surface area contributed by atoms with E-state index in [0.717, 1.165) is 32.4 Å². The minimum Gasteiger partial charge on any atom is -0.481 e. The SMILES string of the molecule is CC(C)(C)c1ccc(N2CCC(CCC(=O)O)CC2)cc1. The van der Waals surface area contributed by atoms with Crippen molar-refractivity contribution < 1.29 is 9.90 Å². The topological polar surface area (TPSA) is 40.5 Å². The van der Waals surface area contributed by atoms with Gasteiger partial charge in [-0.1, -0.05) is 32.9 Å². The smallest absolute Gasteiger partial charge is 0.303 e. The molecule has 1 aliphatic heterocycles. The van der Waals surface area contributed by atoms with E-state index in [1.54, 1.807) is 0 Å². The summed E-state index contributed by atoms with van der Waals surface area (Å²) in [5, 5.41) is 8.76. The molecule has 0 atom stereocenters. The average molecular weight is 289 g/mol. The summed E-state index contributed by atoms with van der Waals surface area (Å²) < 4.78 is 0. The largest absolute Gasteiger partial charge is 0.481 e. The van der Waals surface area contributed by atoms with Gasteiger partial charge in [0.1, 0.15) is 0 Å². The van der Waals surface area contributed by atoms with Gasteiger partial charge in [0, 0.05) is 25.2 Å². The number of anilines is 1. The van der Waals surface area contributed by atoms with Crippen LogP contribution in [0.5, 0.6) is 0 Å². The van der Waals surface area contributed by atoms with E-state index in [0.29, 0.717) is 12.3 Å². The Labute approximate surface area is 128 Å². The second-order valence-corrected chi connectivity index (χ2v) is 7.16. The average Bonchev–Trinajstić information content (AvgIpc) is 2.45. The van der Waals surface area contributed by atoms with Crippen molar-refractivity contribution in [3.8, 4) is 0 Å². The molecule has 0 saturated carbocycles. The van der Waals surface area contributed by atoms with E-state index in [9.17, 15) is 4.79 Å². The highest BCUT2D eigenvalue weighted by atomic mass is 16.4. The van der Waals surface area contributed by atoms with Gasteiger partial charge in [-0.2, -0.15) is 0 Å². The first-order chi connectivity index (χ1) is 9.86. The number of carboxylic acid groups (broad SMARTS) is 1. The van der Waals surface area contributed by atoms with Crippen LogP contribution in [0.25, 0.3) is 0 Å². The van der Waals surface area contributed by atoms with E-state index in [2.05, 4.69) is 49.9 Å². The summed E-state index contributed by atoms with van der Waals surface area (Å²) in [6, 6.07) is 8.90. The zero-order chi connectivity index (χ0) is 15.5. The first-order valence-corrected chi connectivity index (χ1v) is 7.93. The third-order valence-electron chi connectivity index (χ3n) is 4.48. The van der Waals surface area contributed by atoms with Gasteiger partial charge >= 0.3 is 5.97 Å². The predicted octanol–water partition coefficient (Wildman–Crippen LogP) is 4.07. The lowest BCUT2D eigenvalue weighted by Crippen LogP contribution is -2.33. The van der Waals surface area contributed by atoms with E-state index in [-0.39, 0.29) is 5.41 Å². The molecular formula is C18H27NO2. The minimum absolute atomic E-state index is 0.197. The number of carboxylic acids is 1. The lowest BCUT2D eigenvalue weighted by atomic mass is 9.87. The van der Waals surface area contributed by atoms with Crippen LogP contribution in [0.3, 0.4) is 0 Å². The number of hydrogen-bond donors (Lipinski definition) is 1. The van der Waals surface area contributed by atoms with E-state index in [1.165, 1.54) is 11.3 Å². The molecule has 116 valence electrons. The summed E-state index contributed by atoms with van der Waals surface area (Å²) >= 11 is 0. The zero-order valence-electron chi connectivity index (χ0n) is 13.4. The first kappa shape index (κ1) is 15.9. The van der Waals surface area contributed by atoms with Crippen molar-refractivity contribution in [3.05, 3.63) is 29.8 Å². The third-order valence-corrected chi connectivity index (χ3v) is 4.48. The fraction of sp³-hybridized carbons (Fsp3) is 0.611. The van der Waals surface area contributed by atoms with Crippen molar-refractivity contribution in [3.63, 3.8) is 0 Å². The lowest BCUT2D eigenvalue weighted by Gasteiger charge is -2.34. The Kier molecular flexibility index (Phi) is 4.92. The molecule has 3 heteroatoms. The molecule has 0 bridgehead atoms. The zero-order valence-corrected chi connectivity index (χ0v) is 13.4. The van der Waals surface area contributed by atoms with Gasteiger partial charge < -0.3 is 10.0 Å². The van der Waals surface area contributed by atoms with Crippen LogP contribution in [0.1, 0.15) is 52.0 Å². The van der Waals surface area contributed by atoms with Gasteiger partial charge in [-0.15, -0.1) is 0 Å². The van der Waals surface area contributed by atoms with E-state index in [1.807, 2.05) is 0 Å². The predicted molar refractivity (Wildman–Crippen MR) is 86.9 cm³/mol. The number of benzene rings is 1. The molecule has 1 N–H and O–H groups in total. The van der Waals surface area contributed by atoms with Crippen LogP contribution in [-0.4, -0.2) is 24.2 Å². The Hall–Kier alpha value is -1.51. The highest BCUT2D eigenvalue weighted by Gasteiger charge is 2.20. The minimum atomic E-state index is -0.671. The summed E-state index contributed by atoms with van der Waals surface area (Å²) in [4.78, 5) is 13.1. The van der Waals surface area contributed by atoms with Crippen LogP contribution < -0.4 is 4.90 Å². The molecule has 0 radical (unpaired) electrons. The molecule has 21 heavy (non-hydrogen) atoms. The van der Waals surface area contributed by atoms with Crippen LogP contribution >= 0.6 is 0 Å². The van der Waals surface area contributed by atoms with Crippen molar-refractivity contribution in [2.24, 2.45) is 5.92 Å². The van der Waals surface area contributed by atoms with Crippen molar-refractivity contribution in [2.75, 3.05) is 18.0 Å². The summed E-state index contributed by atoms with van der Waals surface area (Å²) in [7, 11) is 0. The molecule has 3 nitrogen and oxygen atoms in total. The number of aliphatic carboxylic acids is 1. The van der Waals surface area contributed by atoms with Gasteiger partial charge in [0.05, 0.1) is 0 Å². The Morgan fingerprint density at radius 3 is 2.24 bits per heavy atom. The summed E-state index contributed by atoms with van der Waals surface area (Å²) in [6.45, 7) is 8.78. The molecule has 1 aromatic carbocycles. The van der Waals surface area contributed by atoms with Crippen molar-refractivity contribution in [2.45, 2.75) is 51.9 Å². The second kappa shape index (κ2) is 6.50. The Bertz CT molecular complexity index is 465. The summed E-state index contributed by atoms with van der Waals surface area (Å²) in [5.41, 5.74) is 2.85. The molecule has 0 amide bonds. The van der Waals surface area contributed by atoms with Crippen molar-refractivity contribution in [1.82, 2.24) is 0 Å². The maximum absolute atomic E-state index is 10.6. The molecule has 0 spiro atoms. The molecule has 1 fully saturated rings. The van der Waals surface area contributed by atoms with Gasteiger partial charge in [-0.25, -0.2) is 0 Å². The van der Waals surface area contributed by atoms with Gasteiger partial charge in [-0.05, 0) is 48.3 Å². The van der Waals surface area contributed by atoms with E-state index >= 15 is 0 Å². The Morgan fingerprint density at radius 1 is 1.19 bits per heavy atom. The fourth-order valence-corrected chi connectivity index (χ4v) is 2.98. The highest BCUT2D eigenvalue weighted by molar-refractivity contribution is 5.66. The number of hydrogen-bond acceptors (Lipinski definition) is 2. The Morgan fingerprint density at radius 2 is 1.76 bits per heavy atom. The molecule has 0 aromatic heterocycles. The molecule has 1 aliphatic rings. The number of carbonyl (C=O) groups is 1. The van der Waals surface area contributed by atoms with Gasteiger partial charge in [-0.3, -0.25) is 4.79 Å². The van der Waals surface area contributed by atoms with Crippen LogP contribution in [0.4, 0.5) is 5.69 Å². The van der Waals surface area contributed by atoms with E-state index in [4.69, 9.17) is 5.11 Å². The fourth-order valence-electron chi connectivity index (χ4n) is 2.98. The van der Waals surface area contributed by atoms with Gasteiger partial charge in [0.25, 0.3) is 0 Å². The van der Waals surface area contributed by atoms with Crippen LogP contribution in [0, 0.1) is 5.92 Å². The number of rotatable bonds is 4. The molecule has 1 aromatic rings. The molecule has 2 rings (SSSR count). The molecule has 0 aliphatic carbocycles. The quantitative estimate of drug-likeness (QED) is 0.908. The number of piperidine rings is 1.